The lowest BCUT2D eigenvalue weighted by atomic mass is 10.2. The number of anilines is 1. The minimum atomic E-state index is 0.864. The van der Waals surface area contributed by atoms with Crippen LogP contribution >= 0.6 is 22.6 Å². The van der Waals surface area contributed by atoms with Crippen molar-refractivity contribution in [3.8, 4) is 0 Å². The molecule has 0 aliphatic carbocycles. The second kappa shape index (κ2) is 6.65. The largest absolute Gasteiger partial charge is 0.378 e. The molecule has 0 saturated heterocycles. The van der Waals surface area contributed by atoms with Gasteiger partial charge in [-0.15, -0.1) is 0 Å². The fourth-order valence-electron chi connectivity index (χ4n) is 1.58. The van der Waals surface area contributed by atoms with Crippen LogP contribution in [0.3, 0.4) is 0 Å². The molecule has 2 aromatic rings. The lowest BCUT2D eigenvalue weighted by molar-refractivity contribution is 1.13. The third-order valence-corrected chi connectivity index (χ3v) is 3.62. The lowest BCUT2D eigenvalue weighted by Gasteiger charge is -2.11. The maximum Gasteiger partial charge on any atom is 0.0858 e. The van der Waals surface area contributed by atoms with E-state index in [1.807, 2.05) is 50.5 Å². The van der Waals surface area contributed by atoms with E-state index >= 15 is 0 Å². The summed E-state index contributed by atoms with van der Waals surface area (Å²) in [5, 5.41) is 8.47. The number of rotatable bonds is 4. The van der Waals surface area contributed by atoms with Crippen LogP contribution in [0.5, 0.6) is 0 Å². The normalized spacial score (nSPS) is 10.9. The van der Waals surface area contributed by atoms with E-state index in [0.717, 1.165) is 21.5 Å². The van der Waals surface area contributed by atoms with Gasteiger partial charge in [-0.25, -0.2) is 0 Å². The number of hydrogen-bond donors (Lipinski definition) is 0. The van der Waals surface area contributed by atoms with Crippen molar-refractivity contribution >= 4 is 39.7 Å². The van der Waals surface area contributed by atoms with E-state index in [4.69, 9.17) is 0 Å². The number of azo groups is 1. The van der Waals surface area contributed by atoms with Crippen LogP contribution in [0.1, 0.15) is 5.56 Å². The SMILES string of the molecule is CN(C)c1ccc(N=Nc2ccc(CI)cc2)cc1. The molecule has 0 heterocycles. The molecule has 98 valence electrons. The van der Waals surface area contributed by atoms with E-state index in [0.29, 0.717) is 0 Å². The minimum absolute atomic E-state index is 0.864. The molecule has 0 N–H and O–H groups in total. The number of benzene rings is 2. The van der Waals surface area contributed by atoms with Gasteiger partial charge < -0.3 is 4.90 Å². The van der Waals surface area contributed by atoms with Gasteiger partial charge in [-0.05, 0) is 42.0 Å². The average Bonchev–Trinajstić information content (AvgIpc) is 2.46. The number of nitrogens with zero attached hydrogens (tertiary/aromatic N) is 3. The third kappa shape index (κ3) is 4.02. The zero-order valence-electron chi connectivity index (χ0n) is 11.0. The van der Waals surface area contributed by atoms with E-state index in [1.54, 1.807) is 0 Å². The van der Waals surface area contributed by atoms with Gasteiger partial charge in [-0.2, -0.15) is 10.2 Å². The molecule has 0 bridgehead atoms. The first-order valence-corrected chi connectivity index (χ1v) is 7.55. The van der Waals surface area contributed by atoms with Gasteiger partial charge in [0.25, 0.3) is 0 Å². The third-order valence-electron chi connectivity index (χ3n) is 2.74. The summed E-state index contributed by atoms with van der Waals surface area (Å²) in [5.41, 5.74) is 4.20. The minimum Gasteiger partial charge on any atom is -0.378 e. The average molecular weight is 365 g/mol. The molecule has 0 aliphatic heterocycles. The first-order valence-electron chi connectivity index (χ1n) is 6.03. The van der Waals surface area contributed by atoms with Crippen LogP contribution in [0.15, 0.2) is 58.8 Å². The zero-order valence-corrected chi connectivity index (χ0v) is 13.2. The maximum atomic E-state index is 4.24. The highest BCUT2D eigenvalue weighted by Gasteiger charge is 1.95. The summed E-state index contributed by atoms with van der Waals surface area (Å²) in [6, 6.07) is 16.2. The second-order valence-electron chi connectivity index (χ2n) is 4.41. The Morgan fingerprint density at radius 1 is 0.842 bits per heavy atom. The molecule has 0 aromatic heterocycles. The summed E-state index contributed by atoms with van der Waals surface area (Å²) < 4.78 is 1.02. The van der Waals surface area contributed by atoms with Crippen molar-refractivity contribution in [2.75, 3.05) is 19.0 Å². The van der Waals surface area contributed by atoms with Crippen LogP contribution in [-0.2, 0) is 4.43 Å². The standard InChI is InChI=1S/C15H16IN3/c1-19(2)15-9-7-14(8-10-15)18-17-13-5-3-12(11-16)4-6-13/h3-10H,11H2,1-2H3. The van der Waals surface area contributed by atoms with E-state index in [-0.39, 0.29) is 0 Å². The number of hydrogen-bond acceptors (Lipinski definition) is 3. The predicted octanol–water partition coefficient (Wildman–Crippen LogP) is 5.10. The molecule has 0 fully saturated rings. The van der Waals surface area contributed by atoms with Gasteiger partial charge in [0.05, 0.1) is 11.4 Å². The highest BCUT2D eigenvalue weighted by Crippen LogP contribution is 2.21. The van der Waals surface area contributed by atoms with E-state index in [9.17, 15) is 0 Å². The van der Waals surface area contributed by atoms with E-state index in [1.165, 1.54) is 5.56 Å². The fraction of sp³-hybridized carbons (Fsp3) is 0.200. The summed E-state index contributed by atoms with van der Waals surface area (Å²) >= 11 is 2.35. The molecule has 0 unspecified atom stereocenters. The molecular weight excluding hydrogens is 349 g/mol. The molecule has 3 nitrogen and oxygen atoms in total. The van der Waals surface area contributed by atoms with Gasteiger partial charge in [-0.1, -0.05) is 34.7 Å². The first kappa shape index (κ1) is 14.0. The van der Waals surface area contributed by atoms with Crippen LogP contribution in [0, 0.1) is 0 Å². The Bertz CT molecular complexity index is 545. The molecule has 0 aliphatic rings. The van der Waals surface area contributed by atoms with Crippen molar-refractivity contribution in [2.45, 2.75) is 4.43 Å². The Morgan fingerprint density at radius 3 is 1.74 bits per heavy atom. The maximum absolute atomic E-state index is 4.24. The Balaban J connectivity index is 2.08. The summed E-state index contributed by atoms with van der Waals surface area (Å²) in [4.78, 5) is 2.06. The summed E-state index contributed by atoms with van der Waals surface area (Å²) in [6.07, 6.45) is 0. The van der Waals surface area contributed by atoms with Crippen LogP contribution < -0.4 is 4.90 Å². The van der Waals surface area contributed by atoms with Crippen molar-refractivity contribution in [3.05, 3.63) is 54.1 Å². The van der Waals surface area contributed by atoms with Crippen molar-refractivity contribution in [2.24, 2.45) is 10.2 Å². The van der Waals surface area contributed by atoms with Gasteiger partial charge in [0.1, 0.15) is 0 Å². The van der Waals surface area contributed by atoms with Crippen LogP contribution in [0.2, 0.25) is 0 Å². The van der Waals surface area contributed by atoms with Gasteiger partial charge in [0, 0.05) is 24.2 Å². The Kier molecular flexibility index (Phi) is 4.90. The summed E-state index contributed by atoms with van der Waals surface area (Å²) in [5.74, 6) is 0. The van der Waals surface area contributed by atoms with Crippen LogP contribution in [0.25, 0.3) is 0 Å². The second-order valence-corrected chi connectivity index (χ2v) is 5.17. The molecule has 0 atom stereocenters. The molecule has 19 heavy (non-hydrogen) atoms. The van der Waals surface area contributed by atoms with Crippen molar-refractivity contribution in [1.82, 2.24) is 0 Å². The quantitative estimate of drug-likeness (QED) is 0.421. The smallest absolute Gasteiger partial charge is 0.0858 e. The lowest BCUT2D eigenvalue weighted by Crippen LogP contribution is -2.07. The molecule has 0 radical (unpaired) electrons. The highest BCUT2D eigenvalue weighted by molar-refractivity contribution is 14.1. The molecule has 2 rings (SSSR count). The molecule has 2 aromatic carbocycles. The van der Waals surface area contributed by atoms with Crippen LogP contribution in [-0.4, -0.2) is 14.1 Å². The highest BCUT2D eigenvalue weighted by atomic mass is 127. The molecule has 0 spiro atoms. The van der Waals surface area contributed by atoms with E-state index in [2.05, 4.69) is 49.9 Å². The Labute approximate surface area is 127 Å². The van der Waals surface area contributed by atoms with Crippen molar-refractivity contribution < 1.29 is 0 Å². The summed E-state index contributed by atoms with van der Waals surface area (Å²) in [6.45, 7) is 0. The zero-order chi connectivity index (χ0) is 13.7. The number of halogens is 1. The Hall–Kier alpha value is -1.43. The number of alkyl halides is 1. The molecule has 4 heteroatoms. The van der Waals surface area contributed by atoms with Gasteiger partial charge >= 0.3 is 0 Å². The Morgan fingerprint density at radius 2 is 1.32 bits per heavy atom. The van der Waals surface area contributed by atoms with Crippen molar-refractivity contribution in [3.63, 3.8) is 0 Å². The monoisotopic (exact) mass is 365 g/mol. The molecule has 0 saturated carbocycles. The topological polar surface area (TPSA) is 28.0 Å². The fourth-order valence-corrected chi connectivity index (χ4v) is 2.09. The van der Waals surface area contributed by atoms with Gasteiger partial charge in [0.2, 0.25) is 0 Å². The van der Waals surface area contributed by atoms with Gasteiger partial charge in [0.15, 0.2) is 0 Å². The van der Waals surface area contributed by atoms with Gasteiger partial charge in [-0.3, -0.25) is 0 Å². The molecule has 0 amide bonds. The first-order chi connectivity index (χ1) is 9.19. The van der Waals surface area contributed by atoms with Crippen molar-refractivity contribution in [1.29, 1.82) is 0 Å². The van der Waals surface area contributed by atoms with E-state index < -0.39 is 0 Å². The molecular formula is C15H16IN3. The summed E-state index contributed by atoms with van der Waals surface area (Å²) in [7, 11) is 4.04. The predicted molar refractivity (Wildman–Crippen MR) is 89.1 cm³/mol. The van der Waals surface area contributed by atoms with Crippen LogP contribution in [0.4, 0.5) is 17.1 Å².